The minimum atomic E-state index is -0.790. The van der Waals surface area contributed by atoms with Crippen molar-refractivity contribution in [1.29, 1.82) is 5.26 Å². The van der Waals surface area contributed by atoms with Gasteiger partial charge in [-0.1, -0.05) is 18.9 Å². The maximum atomic E-state index is 13.0. The minimum Gasteiger partial charge on any atom is -0.496 e. The molecule has 4 rings (SSSR count). The number of hydrogen-bond acceptors (Lipinski definition) is 5. The number of ether oxygens (including phenoxy) is 1. The molecule has 1 aliphatic heterocycles. The van der Waals surface area contributed by atoms with Crippen LogP contribution in [-0.4, -0.2) is 48.4 Å². The summed E-state index contributed by atoms with van der Waals surface area (Å²) in [5, 5.41) is 18.7. The number of carbonyl (C=O) groups is 3. The van der Waals surface area contributed by atoms with Crippen molar-refractivity contribution < 1.29 is 19.1 Å². The topological polar surface area (TPSA) is 136 Å². The maximum Gasteiger partial charge on any atom is 0.268 e. The Morgan fingerprint density at radius 1 is 1.24 bits per heavy atom. The molecule has 1 aromatic carbocycles. The molecule has 4 N–H and O–H groups in total. The molecule has 2 aromatic rings. The number of nitrogens with zero attached hydrogens (tertiary/aromatic N) is 1. The van der Waals surface area contributed by atoms with Gasteiger partial charge in [0.1, 0.15) is 23.5 Å². The van der Waals surface area contributed by atoms with Crippen LogP contribution in [-0.2, 0) is 9.59 Å². The van der Waals surface area contributed by atoms with Crippen LogP contribution in [0.15, 0.2) is 24.3 Å². The van der Waals surface area contributed by atoms with E-state index < -0.39 is 23.9 Å². The average Bonchev–Trinajstić information content (AvgIpc) is 3.53. The fourth-order valence-corrected chi connectivity index (χ4v) is 4.34. The third-order valence-corrected chi connectivity index (χ3v) is 6.37. The first-order valence-corrected chi connectivity index (χ1v) is 11.4. The quantitative estimate of drug-likeness (QED) is 0.462. The van der Waals surface area contributed by atoms with Crippen LogP contribution in [0.4, 0.5) is 0 Å². The Morgan fingerprint density at radius 2 is 2.06 bits per heavy atom. The molecule has 3 amide bonds. The van der Waals surface area contributed by atoms with Gasteiger partial charge in [0.05, 0.1) is 13.2 Å². The molecule has 2 heterocycles. The van der Waals surface area contributed by atoms with E-state index in [9.17, 15) is 19.6 Å². The fraction of sp³-hybridized carbons (Fsp3) is 0.500. The molecule has 0 bridgehead atoms. The van der Waals surface area contributed by atoms with Crippen molar-refractivity contribution >= 4 is 28.6 Å². The van der Waals surface area contributed by atoms with Crippen LogP contribution in [0.1, 0.15) is 49.0 Å². The van der Waals surface area contributed by atoms with Gasteiger partial charge in [0, 0.05) is 23.4 Å². The van der Waals surface area contributed by atoms with Crippen molar-refractivity contribution in [2.75, 3.05) is 13.7 Å². The van der Waals surface area contributed by atoms with Crippen molar-refractivity contribution in [3.05, 3.63) is 30.0 Å². The number of nitriles is 1. The number of carbonyl (C=O) groups excluding carboxylic acids is 3. The molecule has 1 aliphatic carbocycles. The molecule has 1 saturated heterocycles. The zero-order chi connectivity index (χ0) is 23.4. The fourth-order valence-electron chi connectivity index (χ4n) is 4.34. The number of fused-ring (bicyclic) bond motifs is 1. The lowest BCUT2D eigenvalue weighted by Gasteiger charge is -2.25. The number of methoxy groups -OCH3 is 1. The van der Waals surface area contributed by atoms with Gasteiger partial charge in [0.15, 0.2) is 0 Å². The van der Waals surface area contributed by atoms with E-state index in [1.54, 1.807) is 13.2 Å². The van der Waals surface area contributed by atoms with E-state index in [1.165, 1.54) is 0 Å². The zero-order valence-electron chi connectivity index (χ0n) is 18.6. The van der Waals surface area contributed by atoms with E-state index >= 15 is 0 Å². The molecule has 9 heteroatoms. The van der Waals surface area contributed by atoms with Crippen LogP contribution < -0.4 is 20.7 Å². The second kappa shape index (κ2) is 9.94. The second-order valence-electron chi connectivity index (χ2n) is 8.87. The normalized spacial score (nSPS) is 19.8. The maximum absolute atomic E-state index is 13.0. The third-order valence-electron chi connectivity index (χ3n) is 6.37. The molecule has 1 aromatic heterocycles. The van der Waals surface area contributed by atoms with Gasteiger partial charge >= 0.3 is 0 Å². The summed E-state index contributed by atoms with van der Waals surface area (Å²) in [6.45, 7) is 0.647. The van der Waals surface area contributed by atoms with E-state index in [-0.39, 0.29) is 18.2 Å². The predicted octanol–water partition coefficient (Wildman–Crippen LogP) is 2.00. The standard InChI is InChI=1S/C24H29N5O4/c1-33-21-6-2-5-18-17(21)12-20(28-18)24(32)29-19(10-14-7-8-14)23(31)27-16(13-25)11-15-4-3-9-26-22(15)30/h2,5-6,12,14-16,19,28H,3-4,7-11H2,1H3,(H,26,30)(H,27,31)(H,29,32)/t15-,16-,19?/m0/s1. The molecule has 0 spiro atoms. The lowest BCUT2D eigenvalue weighted by Crippen LogP contribution is -2.50. The number of amides is 3. The van der Waals surface area contributed by atoms with Gasteiger partial charge in [-0.15, -0.1) is 0 Å². The van der Waals surface area contributed by atoms with Gasteiger partial charge in [-0.3, -0.25) is 14.4 Å². The summed E-state index contributed by atoms with van der Waals surface area (Å²) in [4.78, 5) is 41.1. The third kappa shape index (κ3) is 5.45. The van der Waals surface area contributed by atoms with E-state index in [0.29, 0.717) is 36.7 Å². The van der Waals surface area contributed by atoms with Crippen LogP contribution in [0.25, 0.3) is 10.9 Å². The molecule has 3 atom stereocenters. The van der Waals surface area contributed by atoms with Crippen LogP contribution in [0.2, 0.25) is 0 Å². The largest absolute Gasteiger partial charge is 0.496 e. The summed E-state index contributed by atoms with van der Waals surface area (Å²) in [7, 11) is 1.57. The molecule has 9 nitrogen and oxygen atoms in total. The SMILES string of the molecule is COc1cccc2[nH]c(C(=O)NC(CC3CC3)C(=O)N[C@H](C#N)C[C@@H]3CCCNC3=O)cc12. The van der Waals surface area contributed by atoms with Crippen LogP contribution >= 0.6 is 0 Å². The molecule has 1 saturated carbocycles. The summed E-state index contributed by atoms with van der Waals surface area (Å²) in [5.41, 5.74) is 1.09. The average molecular weight is 452 g/mol. The molecule has 174 valence electrons. The molecular formula is C24H29N5O4. The number of benzene rings is 1. The Hall–Kier alpha value is -3.54. The smallest absolute Gasteiger partial charge is 0.268 e. The first-order valence-electron chi connectivity index (χ1n) is 11.4. The molecule has 33 heavy (non-hydrogen) atoms. The van der Waals surface area contributed by atoms with E-state index in [2.05, 4.69) is 27.0 Å². The van der Waals surface area contributed by atoms with Gasteiger partial charge in [-0.05, 0) is 49.8 Å². The number of piperidine rings is 1. The Kier molecular flexibility index (Phi) is 6.82. The van der Waals surface area contributed by atoms with Gasteiger partial charge in [0.2, 0.25) is 11.8 Å². The van der Waals surface area contributed by atoms with E-state index in [1.807, 2.05) is 18.2 Å². The van der Waals surface area contributed by atoms with Crippen LogP contribution in [0, 0.1) is 23.2 Å². The highest BCUT2D eigenvalue weighted by atomic mass is 16.5. The Bertz CT molecular complexity index is 1080. The number of rotatable bonds is 9. The van der Waals surface area contributed by atoms with Crippen LogP contribution in [0.5, 0.6) is 5.75 Å². The van der Waals surface area contributed by atoms with Gasteiger partial charge in [-0.2, -0.15) is 5.26 Å². The molecule has 1 unspecified atom stereocenters. The first-order chi connectivity index (χ1) is 16.0. The molecule has 2 fully saturated rings. The Balaban J connectivity index is 1.43. The van der Waals surface area contributed by atoms with Gasteiger partial charge < -0.3 is 25.7 Å². The number of aromatic nitrogens is 1. The van der Waals surface area contributed by atoms with Gasteiger partial charge in [-0.25, -0.2) is 0 Å². The highest BCUT2D eigenvalue weighted by Gasteiger charge is 2.33. The highest BCUT2D eigenvalue weighted by molar-refractivity contribution is 6.01. The summed E-state index contributed by atoms with van der Waals surface area (Å²) in [5.74, 6) is -0.123. The first kappa shape index (κ1) is 22.6. The van der Waals surface area contributed by atoms with E-state index in [0.717, 1.165) is 30.2 Å². The Morgan fingerprint density at radius 3 is 2.76 bits per heavy atom. The number of nitrogens with one attached hydrogen (secondary N) is 4. The van der Waals surface area contributed by atoms with Crippen molar-refractivity contribution in [2.45, 2.75) is 50.6 Å². The number of hydrogen-bond donors (Lipinski definition) is 4. The number of H-pyrrole nitrogens is 1. The Labute approximate surface area is 192 Å². The van der Waals surface area contributed by atoms with Crippen molar-refractivity contribution in [3.8, 4) is 11.8 Å². The van der Waals surface area contributed by atoms with Crippen molar-refractivity contribution in [1.82, 2.24) is 20.9 Å². The summed E-state index contributed by atoms with van der Waals surface area (Å²) in [6.07, 6.45) is 4.38. The predicted molar refractivity (Wildman–Crippen MR) is 121 cm³/mol. The highest BCUT2D eigenvalue weighted by Crippen LogP contribution is 2.34. The van der Waals surface area contributed by atoms with Crippen LogP contribution in [0.3, 0.4) is 0 Å². The lowest BCUT2D eigenvalue weighted by atomic mass is 9.92. The van der Waals surface area contributed by atoms with Gasteiger partial charge in [0.25, 0.3) is 5.91 Å². The summed E-state index contributed by atoms with van der Waals surface area (Å²) >= 11 is 0. The molecular weight excluding hydrogens is 422 g/mol. The minimum absolute atomic E-state index is 0.0761. The molecule has 0 radical (unpaired) electrons. The van der Waals surface area contributed by atoms with Crippen molar-refractivity contribution in [3.63, 3.8) is 0 Å². The molecule has 2 aliphatic rings. The summed E-state index contributed by atoms with van der Waals surface area (Å²) in [6, 6.07) is 7.75. The number of aromatic amines is 1. The van der Waals surface area contributed by atoms with E-state index in [4.69, 9.17) is 4.74 Å². The second-order valence-corrected chi connectivity index (χ2v) is 8.87. The monoisotopic (exact) mass is 451 g/mol. The lowest BCUT2D eigenvalue weighted by molar-refractivity contribution is -0.128. The van der Waals surface area contributed by atoms with Crippen molar-refractivity contribution in [2.24, 2.45) is 11.8 Å². The summed E-state index contributed by atoms with van der Waals surface area (Å²) < 4.78 is 5.35. The zero-order valence-corrected chi connectivity index (χ0v) is 18.6.